The average molecular weight is 288 g/mol. The van der Waals surface area contributed by atoms with Crippen LogP contribution in [0.2, 0.25) is 0 Å². The maximum atomic E-state index is 11.8. The molecule has 7 heteroatoms. The number of hydrogen-bond donors (Lipinski definition) is 3. The standard InChI is InChI=1S/C14H16N4O3/c1-18-8-7-15-11(18)9-16-14(21)17-12(13(19)20)10-5-3-2-4-6-10/h2-8,12H,9H2,1H3,(H,19,20)(H2,16,17,21)/t12-/m1/s1. The van der Waals surface area contributed by atoms with Crippen LogP contribution in [-0.4, -0.2) is 26.7 Å². The number of carbonyl (C=O) groups excluding carboxylic acids is 1. The molecule has 21 heavy (non-hydrogen) atoms. The van der Waals surface area contributed by atoms with Crippen molar-refractivity contribution in [2.24, 2.45) is 7.05 Å². The fraction of sp³-hybridized carbons (Fsp3) is 0.214. The highest BCUT2D eigenvalue weighted by atomic mass is 16.4. The lowest BCUT2D eigenvalue weighted by molar-refractivity contribution is -0.139. The Morgan fingerprint density at radius 1 is 1.33 bits per heavy atom. The normalized spacial score (nSPS) is 11.7. The average Bonchev–Trinajstić information content (AvgIpc) is 2.88. The van der Waals surface area contributed by atoms with Gasteiger partial charge in [-0.3, -0.25) is 0 Å². The van der Waals surface area contributed by atoms with E-state index in [2.05, 4.69) is 15.6 Å². The van der Waals surface area contributed by atoms with E-state index in [1.807, 2.05) is 7.05 Å². The van der Waals surface area contributed by atoms with Crippen molar-refractivity contribution in [2.45, 2.75) is 12.6 Å². The molecule has 7 nitrogen and oxygen atoms in total. The summed E-state index contributed by atoms with van der Waals surface area (Å²) in [6.45, 7) is 0.219. The lowest BCUT2D eigenvalue weighted by Crippen LogP contribution is -2.40. The Balaban J connectivity index is 1.96. The van der Waals surface area contributed by atoms with Crippen LogP contribution in [0.15, 0.2) is 42.7 Å². The monoisotopic (exact) mass is 288 g/mol. The van der Waals surface area contributed by atoms with Gasteiger partial charge in [-0.25, -0.2) is 14.6 Å². The Bertz CT molecular complexity index is 624. The molecule has 2 amide bonds. The quantitative estimate of drug-likeness (QED) is 0.766. The van der Waals surface area contributed by atoms with Gasteiger partial charge in [0.15, 0.2) is 6.04 Å². The summed E-state index contributed by atoms with van der Waals surface area (Å²) in [5.74, 6) is -0.440. The van der Waals surface area contributed by atoms with Crippen molar-refractivity contribution < 1.29 is 14.7 Å². The molecule has 1 aromatic carbocycles. The van der Waals surface area contributed by atoms with E-state index in [0.29, 0.717) is 11.4 Å². The number of aromatic nitrogens is 2. The molecule has 0 aliphatic heterocycles. The Labute approximate surface area is 121 Å². The molecule has 0 spiro atoms. The predicted molar refractivity (Wildman–Crippen MR) is 75.4 cm³/mol. The van der Waals surface area contributed by atoms with Crippen LogP contribution in [0, 0.1) is 0 Å². The van der Waals surface area contributed by atoms with E-state index in [4.69, 9.17) is 0 Å². The van der Waals surface area contributed by atoms with Gasteiger partial charge in [-0.05, 0) is 5.56 Å². The van der Waals surface area contributed by atoms with Crippen LogP contribution in [0.3, 0.4) is 0 Å². The second kappa shape index (κ2) is 6.56. The molecule has 0 unspecified atom stereocenters. The highest BCUT2D eigenvalue weighted by Gasteiger charge is 2.21. The van der Waals surface area contributed by atoms with Gasteiger partial charge >= 0.3 is 12.0 Å². The van der Waals surface area contributed by atoms with Crippen molar-refractivity contribution >= 4 is 12.0 Å². The highest BCUT2D eigenvalue weighted by Crippen LogP contribution is 2.12. The molecule has 0 fully saturated rings. The lowest BCUT2D eigenvalue weighted by atomic mass is 10.1. The topological polar surface area (TPSA) is 96.3 Å². The number of nitrogens with zero attached hydrogens (tertiary/aromatic N) is 2. The molecule has 1 heterocycles. The zero-order valence-corrected chi connectivity index (χ0v) is 11.5. The first kappa shape index (κ1) is 14.6. The maximum absolute atomic E-state index is 11.8. The maximum Gasteiger partial charge on any atom is 0.330 e. The molecule has 2 aromatic rings. The third-order valence-corrected chi connectivity index (χ3v) is 2.98. The summed E-state index contributed by atoms with van der Waals surface area (Å²) < 4.78 is 1.77. The van der Waals surface area contributed by atoms with Crippen molar-refractivity contribution in [1.29, 1.82) is 0 Å². The number of carboxylic acids is 1. The van der Waals surface area contributed by atoms with E-state index < -0.39 is 18.0 Å². The van der Waals surface area contributed by atoms with Crippen LogP contribution < -0.4 is 10.6 Å². The van der Waals surface area contributed by atoms with Crippen LogP contribution in [0.1, 0.15) is 17.4 Å². The summed E-state index contributed by atoms with van der Waals surface area (Å²) in [5.41, 5.74) is 0.511. The molecular weight excluding hydrogens is 272 g/mol. The molecular formula is C14H16N4O3. The summed E-state index contributed by atoms with van der Waals surface area (Å²) in [6.07, 6.45) is 3.39. The zero-order chi connectivity index (χ0) is 15.2. The van der Waals surface area contributed by atoms with Gasteiger partial charge in [0.05, 0.1) is 6.54 Å². The summed E-state index contributed by atoms with van der Waals surface area (Å²) in [7, 11) is 1.81. The molecule has 3 N–H and O–H groups in total. The van der Waals surface area contributed by atoms with Crippen molar-refractivity contribution in [2.75, 3.05) is 0 Å². The molecule has 0 saturated carbocycles. The van der Waals surface area contributed by atoms with Crippen LogP contribution in [-0.2, 0) is 18.4 Å². The number of hydrogen-bond acceptors (Lipinski definition) is 3. The third kappa shape index (κ3) is 3.82. The molecule has 1 atom stereocenters. The first-order valence-corrected chi connectivity index (χ1v) is 6.36. The van der Waals surface area contributed by atoms with E-state index in [-0.39, 0.29) is 6.54 Å². The molecule has 2 rings (SSSR count). The molecule has 1 aromatic heterocycles. The molecule has 0 bridgehead atoms. The van der Waals surface area contributed by atoms with Gasteiger partial charge in [0.25, 0.3) is 0 Å². The Hall–Kier alpha value is -2.83. The predicted octanol–water partition coefficient (Wildman–Crippen LogP) is 1.05. The smallest absolute Gasteiger partial charge is 0.330 e. The zero-order valence-electron chi connectivity index (χ0n) is 11.5. The van der Waals surface area contributed by atoms with E-state index in [1.165, 1.54) is 0 Å². The van der Waals surface area contributed by atoms with Gasteiger partial charge in [0, 0.05) is 19.4 Å². The number of nitrogens with one attached hydrogen (secondary N) is 2. The van der Waals surface area contributed by atoms with E-state index in [0.717, 1.165) is 0 Å². The summed E-state index contributed by atoms with van der Waals surface area (Å²) in [6, 6.07) is 6.87. The van der Waals surface area contributed by atoms with Crippen molar-refractivity contribution in [3.8, 4) is 0 Å². The Morgan fingerprint density at radius 2 is 2.05 bits per heavy atom. The minimum Gasteiger partial charge on any atom is -0.479 e. The number of urea groups is 1. The SMILES string of the molecule is Cn1ccnc1CNC(=O)N[C@@H](C(=O)O)c1ccccc1. The summed E-state index contributed by atoms with van der Waals surface area (Å²) in [4.78, 5) is 27.1. The lowest BCUT2D eigenvalue weighted by Gasteiger charge is -2.15. The number of aliphatic carboxylic acids is 1. The van der Waals surface area contributed by atoms with Crippen LogP contribution >= 0.6 is 0 Å². The van der Waals surface area contributed by atoms with E-state index in [1.54, 1.807) is 47.3 Å². The van der Waals surface area contributed by atoms with Gasteiger partial charge in [-0.15, -0.1) is 0 Å². The largest absolute Gasteiger partial charge is 0.479 e. The second-order valence-electron chi connectivity index (χ2n) is 4.46. The molecule has 0 saturated heterocycles. The first-order chi connectivity index (χ1) is 10.1. The Kier molecular flexibility index (Phi) is 4.55. The number of amides is 2. The molecule has 110 valence electrons. The number of benzene rings is 1. The minimum atomic E-state index is -1.12. The fourth-order valence-electron chi connectivity index (χ4n) is 1.84. The molecule has 0 radical (unpaired) electrons. The van der Waals surface area contributed by atoms with Crippen LogP contribution in [0.25, 0.3) is 0 Å². The Morgan fingerprint density at radius 3 is 2.62 bits per heavy atom. The molecule has 0 aliphatic rings. The van der Waals surface area contributed by atoms with E-state index >= 15 is 0 Å². The van der Waals surface area contributed by atoms with Gasteiger partial charge in [-0.2, -0.15) is 0 Å². The summed E-state index contributed by atoms with van der Waals surface area (Å²) >= 11 is 0. The number of imidazole rings is 1. The van der Waals surface area contributed by atoms with Gasteiger partial charge in [0.1, 0.15) is 5.82 Å². The van der Waals surface area contributed by atoms with E-state index in [9.17, 15) is 14.7 Å². The second-order valence-corrected chi connectivity index (χ2v) is 4.46. The van der Waals surface area contributed by atoms with Gasteiger partial charge in [0.2, 0.25) is 0 Å². The minimum absolute atomic E-state index is 0.219. The van der Waals surface area contributed by atoms with Gasteiger partial charge < -0.3 is 20.3 Å². The van der Waals surface area contributed by atoms with Crippen molar-refractivity contribution in [3.63, 3.8) is 0 Å². The van der Waals surface area contributed by atoms with Crippen molar-refractivity contribution in [1.82, 2.24) is 20.2 Å². The fourth-order valence-corrected chi connectivity index (χ4v) is 1.84. The number of carbonyl (C=O) groups is 2. The first-order valence-electron chi connectivity index (χ1n) is 6.36. The van der Waals surface area contributed by atoms with Crippen LogP contribution in [0.5, 0.6) is 0 Å². The molecule has 0 aliphatic carbocycles. The number of carboxylic acid groups (broad SMARTS) is 1. The van der Waals surface area contributed by atoms with Crippen molar-refractivity contribution in [3.05, 3.63) is 54.1 Å². The number of aryl methyl sites for hydroxylation is 1. The highest BCUT2D eigenvalue weighted by molar-refractivity contribution is 5.83. The van der Waals surface area contributed by atoms with Crippen LogP contribution in [0.4, 0.5) is 4.79 Å². The van der Waals surface area contributed by atoms with Gasteiger partial charge in [-0.1, -0.05) is 30.3 Å². The summed E-state index contributed by atoms with van der Waals surface area (Å²) in [5, 5.41) is 14.2. The number of rotatable bonds is 5. The third-order valence-electron chi connectivity index (χ3n) is 2.98.